The van der Waals surface area contributed by atoms with Crippen molar-refractivity contribution >= 4 is 43.0 Å². The number of rotatable bonds is 8. The zero-order valence-corrected chi connectivity index (χ0v) is 18.3. The SMILES string of the molecule is COc1ccc(NS(=O)(=O)c2ccc(NS(=O)(=O)Cc3ccc(Cl)cc3)cc2)cc1. The first-order valence-electron chi connectivity index (χ1n) is 8.69. The normalized spacial score (nSPS) is 11.7. The third-order valence-electron chi connectivity index (χ3n) is 4.05. The Morgan fingerprint density at radius 2 is 1.30 bits per heavy atom. The van der Waals surface area contributed by atoms with Crippen molar-refractivity contribution in [1.82, 2.24) is 0 Å². The zero-order valence-electron chi connectivity index (χ0n) is 15.9. The van der Waals surface area contributed by atoms with Crippen LogP contribution in [0.3, 0.4) is 0 Å². The minimum atomic E-state index is -3.83. The average Bonchev–Trinajstić information content (AvgIpc) is 2.70. The molecule has 30 heavy (non-hydrogen) atoms. The molecule has 0 aliphatic carbocycles. The van der Waals surface area contributed by atoms with Gasteiger partial charge in [0.15, 0.2) is 0 Å². The van der Waals surface area contributed by atoms with Gasteiger partial charge in [-0.05, 0) is 66.2 Å². The summed E-state index contributed by atoms with van der Waals surface area (Å²) in [6, 6.07) is 18.3. The number of methoxy groups -OCH3 is 1. The second kappa shape index (κ2) is 8.95. The van der Waals surface area contributed by atoms with E-state index in [2.05, 4.69) is 9.44 Å². The fourth-order valence-electron chi connectivity index (χ4n) is 2.59. The molecule has 0 saturated heterocycles. The van der Waals surface area contributed by atoms with Crippen LogP contribution in [0, 0.1) is 0 Å². The molecule has 0 heterocycles. The maximum atomic E-state index is 12.5. The van der Waals surface area contributed by atoms with Gasteiger partial charge in [0.2, 0.25) is 10.0 Å². The van der Waals surface area contributed by atoms with E-state index in [0.29, 0.717) is 22.0 Å². The Labute approximate surface area is 180 Å². The highest BCUT2D eigenvalue weighted by Crippen LogP contribution is 2.21. The molecule has 0 fully saturated rings. The molecule has 0 aromatic heterocycles. The number of hydrogen-bond acceptors (Lipinski definition) is 5. The van der Waals surface area contributed by atoms with Crippen LogP contribution in [0.5, 0.6) is 5.75 Å². The van der Waals surface area contributed by atoms with Crippen molar-refractivity contribution < 1.29 is 21.6 Å². The van der Waals surface area contributed by atoms with Crippen LogP contribution in [0.1, 0.15) is 5.56 Å². The van der Waals surface area contributed by atoms with Crippen LogP contribution in [0.2, 0.25) is 5.02 Å². The molecule has 0 saturated carbocycles. The molecule has 0 aliphatic heterocycles. The molecule has 2 N–H and O–H groups in total. The number of benzene rings is 3. The molecule has 0 aliphatic rings. The van der Waals surface area contributed by atoms with Gasteiger partial charge in [0.1, 0.15) is 5.75 Å². The lowest BCUT2D eigenvalue weighted by Gasteiger charge is -2.11. The fourth-order valence-corrected chi connectivity index (χ4v) is 4.97. The monoisotopic (exact) mass is 466 g/mol. The van der Waals surface area contributed by atoms with Crippen molar-refractivity contribution in [3.8, 4) is 5.75 Å². The van der Waals surface area contributed by atoms with Crippen LogP contribution in [0.4, 0.5) is 11.4 Å². The van der Waals surface area contributed by atoms with E-state index in [9.17, 15) is 16.8 Å². The van der Waals surface area contributed by atoms with Crippen molar-refractivity contribution in [3.05, 3.63) is 83.4 Å². The molecule has 0 atom stereocenters. The Morgan fingerprint density at radius 1 is 0.767 bits per heavy atom. The number of anilines is 2. The van der Waals surface area contributed by atoms with Crippen LogP contribution in [0.25, 0.3) is 0 Å². The van der Waals surface area contributed by atoms with E-state index < -0.39 is 20.0 Å². The summed E-state index contributed by atoms with van der Waals surface area (Å²) in [5.74, 6) is 0.372. The van der Waals surface area contributed by atoms with Crippen molar-refractivity contribution in [2.75, 3.05) is 16.6 Å². The van der Waals surface area contributed by atoms with Gasteiger partial charge < -0.3 is 4.74 Å². The Balaban J connectivity index is 1.69. The maximum Gasteiger partial charge on any atom is 0.261 e. The van der Waals surface area contributed by atoms with Gasteiger partial charge in [0.05, 0.1) is 17.8 Å². The first kappa shape index (κ1) is 21.9. The largest absolute Gasteiger partial charge is 0.497 e. The van der Waals surface area contributed by atoms with E-state index in [1.54, 1.807) is 48.5 Å². The molecule has 0 radical (unpaired) electrons. The lowest BCUT2D eigenvalue weighted by Crippen LogP contribution is -2.16. The number of ether oxygens (including phenoxy) is 1. The highest BCUT2D eigenvalue weighted by atomic mass is 35.5. The Morgan fingerprint density at radius 3 is 1.87 bits per heavy atom. The Kier molecular flexibility index (Phi) is 6.55. The van der Waals surface area contributed by atoms with Crippen molar-refractivity contribution in [3.63, 3.8) is 0 Å². The van der Waals surface area contributed by atoms with E-state index in [4.69, 9.17) is 16.3 Å². The van der Waals surface area contributed by atoms with Gasteiger partial charge in [-0.2, -0.15) is 0 Å². The van der Waals surface area contributed by atoms with Gasteiger partial charge in [-0.25, -0.2) is 16.8 Å². The fraction of sp³-hybridized carbons (Fsp3) is 0.100. The molecule has 0 bridgehead atoms. The summed E-state index contributed by atoms with van der Waals surface area (Å²) in [4.78, 5) is -0.000956. The summed E-state index contributed by atoms with van der Waals surface area (Å²) in [5.41, 5.74) is 1.21. The summed E-state index contributed by atoms with van der Waals surface area (Å²) in [6.45, 7) is 0. The minimum absolute atomic E-state index is 0.000956. The third-order valence-corrected chi connectivity index (χ3v) is 6.96. The van der Waals surface area contributed by atoms with E-state index in [-0.39, 0.29) is 16.3 Å². The van der Waals surface area contributed by atoms with Crippen LogP contribution in [-0.4, -0.2) is 23.9 Å². The number of nitrogens with one attached hydrogen (secondary N) is 2. The summed E-state index contributed by atoms with van der Waals surface area (Å²) in [7, 11) is -5.98. The lowest BCUT2D eigenvalue weighted by molar-refractivity contribution is 0.415. The summed E-state index contributed by atoms with van der Waals surface area (Å²) in [5, 5.41) is 0.518. The standard InChI is InChI=1S/C20H19ClN2O5S2/c1-28-19-10-6-18(7-11-19)23-30(26,27)20-12-8-17(9-13-20)22-29(24,25)14-15-2-4-16(21)5-3-15/h2-13,22-23H,14H2,1H3. The number of hydrogen-bond donors (Lipinski definition) is 2. The molecule has 0 spiro atoms. The first-order chi connectivity index (χ1) is 14.2. The van der Waals surface area contributed by atoms with Crippen LogP contribution >= 0.6 is 11.6 Å². The molecule has 3 rings (SSSR count). The van der Waals surface area contributed by atoms with E-state index in [0.717, 1.165) is 0 Å². The molecular weight excluding hydrogens is 448 g/mol. The van der Waals surface area contributed by atoms with Crippen molar-refractivity contribution in [1.29, 1.82) is 0 Å². The Hall–Kier alpha value is -2.75. The molecule has 10 heteroatoms. The average molecular weight is 467 g/mol. The van der Waals surface area contributed by atoms with E-state index >= 15 is 0 Å². The smallest absolute Gasteiger partial charge is 0.261 e. The van der Waals surface area contributed by atoms with Crippen LogP contribution in [-0.2, 0) is 25.8 Å². The highest BCUT2D eigenvalue weighted by Gasteiger charge is 2.16. The number of sulfonamides is 2. The molecule has 3 aromatic carbocycles. The van der Waals surface area contributed by atoms with Gasteiger partial charge >= 0.3 is 0 Å². The molecule has 7 nitrogen and oxygen atoms in total. The van der Waals surface area contributed by atoms with E-state index in [1.165, 1.54) is 31.4 Å². The number of halogens is 1. The van der Waals surface area contributed by atoms with E-state index in [1.807, 2.05) is 0 Å². The third kappa shape index (κ3) is 5.88. The highest BCUT2D eigenvalue weighted by molar-refractivity contribution is 7.92. The predicted molar refractivity (Wildman–Crippen MR) is 118 cm³/mol. The molecule has 0 unspecified atom stereocenters. The van der Waals surface area contributed by atoms with Gasteiger partial charge in [-0.1, -0.05) is 23.7 Å². The summed E-state index contributed by atoms with van der Waals surface area (Å²) < 4.78 is 59.7. The Bertz CT molecular complexity index is 1210. The summed E-state index contributed by atoms with van der Waals surface area (Å²) >= 11 is 5.80. The maximum absolute atomic E-state index is 12.5. The van der Waals surface area contributed by atoms with Crippen molar-refractivity contribution in [2.24, 2.45) is 0 Å². The molecule has 158 valence electrons. The first-order valence-corrected chi connectivity index (χ1v) is 12.2. The van der Waals surface area contributed by atoms with Gasteiger partial charge in [0, 0.05) is 16.4 Å². The second-order valence-corrected chi connectivity index (χ2v) is 10.2. The van der Waals surface area contributed by atoms with Crippen LogP contribution < -0.4 is 14.2 Å². The van der Waals surface area contributed by atoms with Gasteiger partial charge in [-0.15, -0.1) is 0 Å². The van der Waals surface area contributed by atoms with Gasteiger partial charge in [-0.3, -0.25) is 9.44 Å². The lowest BCUT2D eigenvalue weighted by atomic mass is 10.2. The second-order valence-electron chi connectivity index (χ2n) is 6.35. The van der Waals surface area contributed by atoms with Crippen molar-refractivity contribution in [2.45, 2.75) is 10.6 Å². The van der Waals surface area contributed by atoms with Crippen LogP contribution in [0.15, 0.2) is 77.7 Å². The topological polar surface area (TPSA) is 102 Å². The molecule has 0 amide bonds. The predicted octanol–water partition coefficient (Wildman–Crippen LogP) is 4.09. The molecular formula is C20H19ClN2O5S2. The minimum Gasteiger partial charge on any atom is -0.497 e. The quantitative estimate of drug-likeness (QED) is 0.520. The zero-order chi connectivity index (χ0) is 21.8. The molecule has 3 aromatic rings. The van der Waals surface area contributed by atoms with Gasteiger partial charge in [0.25, 0.3) is 10.0 Å². The summed E-state index contributed by atoms with van der Waals surface area (Å²) in [6.07, 6.45) is 0.